The van der Waals surface area contributed by atoms with Crippen molar-refractivity contribution in [1.82, 2.24) is 18.4 Å². The van der Waals surface area contributed by atoms with Gasteiger partial charge in [0.05, 0.1) is 0 Å². The van der Waals surface area contributed by atoms with Gasteiger partial charge in [0.2, 0.25) is 0 Å². The molecule has 0 radical (unpaired) electrons. The van der Waals surface area contributed by atoms with Crippen molar-refractivity contribution in [1.29, 1.82) is 0 Å². The van der Waals surface area contributed by atoms with E-state index in [2.05, 4.69) is 61.7 Å². The minimum atomic E-state index is -0.0103. The molecule has 0 saturated heterocycles. The van der Waals surface area contributed by atoms with Gasteiger partial charge in [0, 0.05) is 0 Å². The van der Waals surface area contributed by atoms with Gasteiger partial charge in [0.1, 0.15) is 0 Å². The number of fused-ring (bicyclic) bond motifs is 1. The van der Waals surface area contributed by atoms with Gasteiger partial charge in [0.25, 0.3) is 0 Å². The number of nitrogens with zero attached hydrogens (tertiary/aromatic N) is 4. The van der Waals surface area contributed by atoms with E-state index in [9.17, 15) is 0 Å². The van der Waals surface area contributed by atoms with E-state index in [1.165, 1.54) is 32.1 Å². The Hall–Kier alpha value is -1.55. The molecule has 2 atom stereocenters. The summed E-state index contributed by atoms with van der Waals surface area (Å²) in [5.41, 5.74) is 5.94. The Morgan fingerprint density at radius 3 is 2.52 bits per heavy atom. The molecule has 0 saturated carbocycles. The fourth-order valence-electron chi connectivity index (χ4n) is 4.16. The number of aromatic nitrogens is 4. The fraction of sp³-hybridized carbons (Fsp3) is 0.273. The molecule has 1 aliphatic carbocycles. The molecule has 146 valence electrons. The van der Waals surface area contributed by atoms with E-state index in [1.54, 1.807) is 0 Å². The van der Waals surface area contributed by atoms with E-state index in [0.717, 1.165) is 29.1 Å². The van der Waals surface area contributed by atoms with Crippen LogP contribution in [0.25, 0.3) is 11.3 Å². The second-order valence-electron chi connectivity index (χ2n) is 7.46. The van der Waals surface area contributed by atoms with Crippen LogP contribution in [0.3, 0.4) is 0 Å². The zero-order chi connectivity index (χ0) is 19.8. The summed E-state index contributed by atoms with van der Waals surface area (Å²) >= 11 is 6.38. The molecular formula is C22H19ClN4Se2. The van der Waals surface area contributed by atoms with Crippen molar-refractivity contribution in [3.05, 3.63) is 79.2 Å². The predicted molar refractivity (Wildman–Crippen MR) is 117 cm³/mol. The third kappa shape index (κ3) is 3.81. The summed E-state index contributed by atoms with van der Waals surface area (Å²) in [4.78, 5) is 0. The van der Waals surface area contributed by atoms with Crippen LogP contribution in [0, 0.1) is 6.92 Å². The van der Waals surface area contributed by atoms with Crippen molar-refractivity contribution in [2.75, 3.05) is 0 Å². The second kappa shape index (κ2) is 8.29. The Morgan fingerprint density at radius 1 is 0.966 bits per heavy atom. The van der Waals surface area contributed by atoms with Gasteiger partial charge in [-0.05, 0) is 0 Å². The van der Waals surface area contributed by atoms with E-state index < -0.39 is 0 Å². The Labute approximate surface area is 187 Å². The van der Waals surface area contributed by atoms with Gasteiger partial charge in [-0.2, -0.15) is 0 Å². The maximum absolute atomic E-state index is 6.20. The van der Waals surface area contributed by atoms with Crippen LogP contribution >= 0.6 is 11.6 Å². The van der Waals surface area contributed by atoms with Crippen LogP contribution < -0.4 is 0 Å². The number of hydrogen-bond donors (Lipinski definition) is 0. The van der Waals surface area contributed by atoms with Crippen LogP contribution in [-0.4, -0.2) is 47.9 Å². The summed E-state index contributed by atoms with van der Waals surface area (Å²) < 4.78 is 11.7. The van der Waals surface area contributed by atoms with E-state index in [4.69, 9.17) is 11.6 Å². The van der Waals surface area contributed by atoms with Crippen LogP contribution in [0.1, 0.15) is 50.4 Å². The van der Waals surface area contributed by atoms with Crippen molar-refractivity contribution >= 4 is 41.1 Å². The maximum atomic E-state index is 6.20. The third-order valence-electron chi connectivity index (χ3n) is 5.61. The summed E-state index contributed by atoms with van der Waals surface area (Å²) in [5, 5.41) is 9.98. The quantitative estimate of drug-likeness (QED) is 0.369. The van der Waals surface area contributed by atoms with Gasteiger partial charge >= 0.3 is 188 Å². The van der Waals surface area contributed by atoms with Crippen molar-refractivity contribution in [3.8, 4) is 11.3 Å². The normalized spacial score (nSPS) is 17.1. The number of rotatable bonds is 4. The van der Waals surface area contributed by atoms with Crippen LogP contribution in [0.2, 0.25) is 5.02 Å². The summed E-state index contributed by atoms with van der Waals surface area (Å²) in [6.07, 6.45) is 3.48. The number of benzene rings is 2. The van der Waals surface area contributed by atoms with Crippen molar-refractivity contribution in [2.45, 2.75) is 38.0 Å². The Balaban J connectivity index is 1.66. The van der Waals surface area contributed by atoms with Gasteiger partial charge in [0.15, 0.2) is 0 Å². The molecule has 0 unspecified atom stereocenters. The number of aryl methyl sites for hydroxylation is 2. The van der Waals surface area contributed by atoms with Gasteiger partial charge in [-0.15, -0.1) is 0 Å². The van der Waals surface area contributed by atoms with E-state index in [1.807, 2.05) is 12.1 Å². The van der Waals surface area contributed by atoms with Gasteiger partial charge < -0.3 is 0 Å². The zero-order valence-corrected chi connectivity index (χ0v) is 20.1. The van der Waals surface area contributed by atoms with Crippen LogP contribution in [0.5, 0.6) is 0 Å². The molecule has 0 amide bonds. The molecule has 2 aromatic heterocycles. The molecule has 4 aromatic rings. The SMILES string of the molecule is Cc1ccc(-c2nn[se]c2[C@H](c2ccc(Cl)cc2)[C@H]2CCCc3[se]nnc32)cc1. The summed E-state index contributed by atoms with van der Waals surface area (Å²) in [7, 11) is 0. The molecular weight excluding hydrogens is 514 g/mol. The molecule has 0 N–H and O–H groups in total. The summed E-state index contributed by atoms with van der Waals surface area (Å²) in [5.74, 6) is 0.561. The first-order valence-corrected chi connectivity index (χ1v) is 13.3. The molecule has 2 heterocycles. The molecule has 2 aromatic carbocycles. The molecule has 0 aliphatic heterocycles. The monoisotopic (exact) mass is 534 g/mol. The molecule has 0 fully saturated rings. The third-order valence-corrected chi connectivity index (χ3v) is 9.23. The average Bonchev–Trinajstić information content (AvgIpc) is 3.40. The van der Waals surface area contributed by atoms with Crippen LogP contribution in [-0.2, 0) is 6.42 Å². The second-order valence-corrected chi connectivity index (χ2v) is 11.3. The zero-order valence-electron chi connectivity index (χ0n) is 15.9. The topological polar surface area (TPSA) is 51.6 Å². The van der Waals surface area contributed by atoms with E-state index >= 15 is 0 Å². The molecule has 1 aliphatic rings. The Bertz CT molecular complexity index is 1120. The molecule has 4 nitrogen and oxygen atoms in total. The van der Waals surface area contributed by atoms with Crippen molar-refractivity contribution in [3.63, 3.8) is 0 Å². The summed E-state index contributed by atoms with van der Waals surface area (Å²) in [6.45, 7) is 2.11. The summed E-state index contributed by atoms with van der Waals surface area (Å²) in [6, 6.07) is 16.9. The van der Waals surface area contributed by atoms with Crippen LogP contribution in [0.15, 0.2) is 48.5 Å². The molecule has 0 spiro atoms. The molecule has 29 heavy (non-hydrogen) atoms. The van der Waals surface area contributed by atoms with E-state index in [0.29, 0.717) is 5.92 Å². The van der Waals surface area contributed by atoms with Gasteiger partial charge in [-0.1, -0.05) is 0 Å². The fourth-order valence-corrected chi connectivity index (χ4v) is 7.69. The Kier molecular flexibility index (Phi) is 5.55. The molecule has 5 rings (SSSR count). The average molecular weight is 533 g/mol. The molecule has 7 heteroatoms. The van der Waals surface area contributed by atoms with Crippen LogP contribution in [0.4, 0.5) is 0 Å². The first-order chi connectivity index (χ1) is 14.2. The number of hydrogen-bond acceptors (Lipinski definition) is 4. The first-order valence-electron chi connectivity index (χ1n) is 9.66. The standard InChI is InChI=1S/C22H19ClN4Se2/c1-13-5-7-15(8-6-13)20-22(29-27-24-20)19(14-9-11-16(23)12-10-14)17-3-2-4-18-21(17)25-26-28-18/h5-12,17,19H,2-4H2,1H3/t17-,19-/m1/s1. The van der Waals surface area contributed by atoms with Crippen molar-refractivity contribution < 1.29 is 0 Å². The minimum absolute atomic E-state index is 0.0103. The predicted octanol–water partition coefficient (Wildman–Crippen LogP) is 4.26. The van der Waals surface area contributed by atoms with Gasteiger partial charge in [-0.25, -0.2) is 0 Å². The van der Waals surface area contributed by atoms with E-state index in [-0.39, 0.29) is 35.4 Å². The van der Waals surface area contributed by atoms with Crippen molar-refractivity contribution in [2.24, 2.45) is 0 Å². The Morgan fingerprint density at radius 2 is 1.72 bits per heavy atom. The molecule has 0 bridgehead atoms. The number of halogens is 1. The first kappa shape index (κ1) is 19.4. The van der Waals surface area contributed by atoms with Gasteiger partial charge in [-0.3, -0.25) is 0 Å².